The van der Waals surface area contributed by atoms with Gasteiger partial charge >= 0.3 is 11.5 Å². The number of alkyl halides is 3. The van der Waals surface area contributed by atoms with E-state index in [9.17, 15) is 18.0 Å². The van der Waals surface area contributed by atoms with Crippen molar-refractivity contribution < 1.29 is 18.0 Å². The van der Waals surface area contributed by atoms with Crippen molar-refractivity contribution in [3.05, 3.63) is 55.1 Å². The molecule has 8 nitrogen and oxygen atoms in total. The van der Waals surface area contributed by atoms with Gasteiger partial charge in [0.25, 0.3) is 0 Å². The predicted octanol–water partition coefficient (Wildman–Crippen LogP) is 3.63. The van der Waals surface area contributed by atoms with E-state index in [-0.39, 0.29) is 22.7 Å². The summed E-state index contributed by atoms with van der Waals surface area (Å²) in [5.74, 6) is 1.40. The van der Waals surface area contributed by atoms with Crippen LogP contribution >= 0.6 is 11.8 Å². The third kappa shape index (κ3) is 5.45. The number of amides is 2. The lowest BCUT2D eigenvalue weighted by Crippen LogP contribution is -2.50. The maximum atomic E-state index is 12.5. The van der Waals surface area contributed by atoms with E-state index in [0.29, 0.717) is 37.7 Å². The Morgan fingerprint density at radius 2 is 1.74 bits per heavy atom. The third-order valence-corrected chi connectivity index (χ3v) is 5.35. The quantitative estimate of drug-likeness (QED) is 0.613. The van der Waals surface area contributed by atoms with Crippen molar-refractivity contribution in [3.63, 3.8) is 0 Å². The van der Waals surface area contributed by atoms with E-state index in [0.717, 1.165) is 5.82 Å². The smallest absolute Gasteiger partial charge is 0.353 e. The molecule has 2 aromatic heterocycles. The first-order valence-corrected chi connectivity index (χ1v) is 10.2. The van der Waals surface area contributed by atoms with Gasteiger partial charge < -0.3 is 15.1 Å². The summed E-state index contributed by atoms with van der Waals surface area (Å²) in [6.45, 7) is 2.14. The van der Waals surface area contributed by atoms with Gasteiger partial charge in [0.2, 0.25) is 0 Å². The molecule has 0 unspecified atom stereocenters. The number of benzene rings is 1. The monoisotopic (exact) mass is 449 g/mol. The van der Waals surface area contributed by atoms with Crippen LogP contribution < -0.4 is 10.2 Å². The molecule has 162 valence electrons. The summed E-state index contributed by atoms with van der Waals surface area (Å²) < 4.78 is 38.9. The van der Waals surface area contributed by atoms with Crippen LogP contribution in [0.3, 0.4) is 0 Å². The van der Waals surface area contributed by atoms with Crippen LogP contribution in [0.5, 0.6) is 0 Å². The molecular weight excluding hydrogens is 431 g/mol. The Balaban J connectivity index is 1.32. The second-order valence-electron chi connectivity index (χ2n) is 6.66. The lowest BCUT2D eigenvalue weighted by molar-refractivity contribution is -0.0328. The Kier molecular flexibility index (Phi) is 5.98. The van der Waals surface area contributed by atoms with E-state index in [2.05, 4.69) is 25.3 Å². The summed E-state index contributed by atoms with van der Waals surface area (Å²) >= 11 is -0.190. The lowest BCUT2D eigenvalue weighted by Gasteiger charge is -2.35. The van der Waals surface area contributed by atoms with Gasteiger partial charge in [-0.2, -0.15) is 18.3 Å². The van der Waals surface area contributed by atoms with Gasteiger partial charge in [-0.1, -0.05) is 0 Å². The Bertz CT molecular complexity index is 1020. The zero-order chi connectivity index (χ0) is 21.8. The molecule has 1 aliphatic rings. The van der Waals surface area contributed by atoms with Crippen LogP contribution in [0.15, 0.2) is 60.0 Å². The molecule has 0 saturated carbocycles. The van der Waals surface area contributed by atoms with Crippen LogP contribution in [0.2, 0.25) is 0 Å². The Hall–Kier alpha value is -3.28. The fourth-order valence-corrected chi connectivity index (χ4v) is 3.66. The number of hydrogen-bond donors (Lipinski definition) is 1. The molecule has 1 aliphatic heterocycles. The molecule has 0 atom stereocenters. The van der Waals surface area contributed by atoms with Gasteiger partial charge in [-0.15, -0.1) is 0 Å². The number of rotatable bonds is 4. The highest BCUT2D eigenvalue weighted by Crippen LogP contribution is 2.37. The van der Waals surface area contributed by atoms with E-state index < -0.39 is 5.51 Å². The molecule has 0 aliphatic carbocycles. The van der Waals surface area contributed by atoms with Gasteiger partial charge in [0.05, 0.1) is 0 Å². The SMILES string of the molecule is O=C(Nc1ccc(SC(F)(F)F)cc1)N1CCN(c2cc(-n3cccn3)ncn2)CC1. The second kappa shape index (κ2) is 8.84. The van der Waals surface area contributed by atoms with E-state index in [1.807, 2.05) is 12.1 Å². The number of carbonyl (C=O) groups excluding carboxylic acids is 1. The van der Waals surface area contributed by atoms with E-state index in [4.69, 9.17) is 0 Å². The number of urea groups is 1. The fraction of sp³-hybridized carbons (Fsp3) is 0.263. The topological polar surface area (TPSA) is 79.2 Å². The molecule has 3 heterocycles. The molecule has 1 N–H and O–H groups in total. The molecule has 3 aromatic rings. The van der Waals surface area contributed by atoms with Crippen molar-refractivity contribution in [2.45, 2.75) is 10.4 Å². The van der Waals surface area contributed by atoms with Crippen LogP contribution in [0.25, 0.3) is 5.82 Å². The number of halogens is 3. The first-order chi connectivity index (χ1) is 14.9. The standard InChI is InChI=1S/C19H18F3N7OS/c20-19(21,22)31-15-4-2-14(3-5-15)26-18(30)28-10-8-27(9-11-28)16-12-17(24-13-23-16)29-7-1-6-25-29/h1-7,12-13H,8-11H2,(H,26,30). The van der Waals surface area contributed by atoms with Gasteiger partial charge in [0.1, 0.15) is 12.1 Å². The van der Waals surface area contributed by atoms with Crippen LogP contribution in [-0.2, 0) is 0 Å². The average molecular weight is 449 g/mol. The zero-order valence-corrected chi connectivity index (χ0v) is 17.0. The van der Waals surface area contributed by atoms with Gasteiger partial charge in [-0.25, -0.2) is 19.4 Å². The van der Waals surface area contributed by atoms with Crippen molar-refractivity contribution in [1.82, 2.24) is 24.6 Å². The van der Waals surface area contributed by atoms with Crippen molar-refractivity contribution >= 4 is 29.3 Å². The lowest BCUT2D eigenvalue weighted by atomic mass is 10.3. The normalized spacial score (nSPS) is 14.5. The largest absolute Gasteiger partial charge is 0.446 e. The summed E-state index contributed by atoms with van der Waals surface area (Å²) in [7, 11) is 0. The average Bonchev–Trinajstić information content (AvgIpc) is 3.29. The fourth-order valence-electron chi connectivity index (χ4n) is 3.12. The van der Waals surface area contributed by atoms with E-state index >= 15 is 0 Å². The zero-order valence-electron chi connectivity index (χ0n) is 16.2. The summed E-state index contributed by atoms with van der Waals surface area (Å²) in [4.78, 5) is 24.8. The Labute approximate surface area is 180 Å². The highest BCUT2D eigenvalue weighted by Gasteiger charge is 2.29. The number of aromatic nitrogens is 4. The molecule has 2 amide bonds. The Morgan fingerprint density at radius 1 is 1.03 bits per heavy atom. The summed E-state index contributed by atoms with van der Waals surface area (Å²) in [6.07, 6.45) is 4.94. The highest BCUT2D eigenvalue weighted by atomic mass is 32.2. The number of carbonyl (C=O) groups is 1. The van der Waals surface area contributed by atoms with Crippen molar-refractivity contribution in [2.75, 3.05) is 36.4 Å². The minimum Gasteiger partial charge on any atom is -0.353 e. The van der Waals surface area contributed by atoms with Gasteiger partial charge in [-0.3, -0.25) is 0 Å². The van der Waals surface area contributed by atoms with Crippen molar-refractivity contribution in [2.24, 2.45) is 0 Å². The number of nitrogens with zero attached hydrogens (tertiary/aromatic N) is 6. The first-order valence-electron chi connectivity index (χ1n) is 9.36. The highest BCUT2D eigenvalue weighted by molar-refractivity contribution is 8.00. The molecule has 1 fully saturated rings. The number of thioether (sulfide) groups is 1. The molecule has 1 saturated heterocycles. The predicted molar refractivity (Wildman–Crippen MR) is 110 cm³/mol. The first kappa shape index (κ1) is 21.0. The van der Waals surface area contributed by atoms with Gasteiger partial charge in [-0.05, 0) is 42.1 Å². The molecule has 1 aromatic carbocycles. The van der Waals surface area contributed by atoms with Crippen molar-refractivity contribution in [1.29, 1.82) is 0 Å². The molecule has 4 rings (SSSR count). The number of nitrogens with one attached hydrogen (secondary N) is 1. The molecular formula is C19H18F3N7OS. The molecule has 12 heteroatoms. The maximum Gasteiger partial charge on any atom is 0.446 e. The molecule has 0 bridgehead atoms. The molecule has 0 spiro atoms. The van der Waals surface area contributed by atoms with Gasteiger partial charge in [0.15, 0.2) is 5.82 Å². The van der Waals surface area contributed by atoms with E-state index in [1.54, 1.807) is 22.0 Å². The number of piperazine rings is 1. The minimum absolute atomic E-state index is 0.0680. The summed E-state index contributed by atoms with van der Waals surface area (Å²) in [5.41, 5.74) is -3.90. The molecule has 31 heavy (non-hydrogen) atoms. The van der Waals surface area contributed by atoms with Crippen LogP contribution in [0.1, 0.15) is 0 Å². The molecule has 0 radical (unpaired) electrons. The van der Waals surface area contributed by atoms with Crippen molar-refractivity contribution in [3.8, 4) is 5.82 Å². The number of hydrogen-bond acceptors (Lipinski definition) is 6. The number of anilines is 2. The van der Waals surface area contributed by atoms with Gasteiger partial charge in [0, 0.05) is 55.2 Å². The van der Waals surface area contributed by atoms with Crippen LogP contribution in [0, 0.1) is 0 Å². The summed E-state index contributed by atoms with van der Waals surface area (Å²) in [6, 6.07) is 8.93. The minimum atomic E-state index is -4.34. The van der Waals surface area contributed by atoms with E-state index in [1.165, 1.54) is 30.6 Å². The Morgan fingerprint density at radius 3 is 2.39 bits per heavy atom. The maximum absolute atomic E-state index is 12.5. The van der Waals surface area contributed by atoms with Crippen LogP contribution in [0.4, 0.5) is 29.5 Å². The summed E-state index contributed by atoms with van der Waals surface area (Å²) in [5, 5.41) is 6.89. The third-order valence-electron chi connectivity index (χ3n) is 4.61. The second-order valence-corrected chi connectivity index (χ2v) is 7.80. The van der Waals surface area contributed by atoms with Crippen LogP contribution in [-0.4, -0.2) is 62.4 Å².